The summed E-state index contributed by atoms with van der Waals surface area (Å²) in [5.74, 6) is 0.972. The fourth-order valence-corrected chi connectivity index (χ4v) is 5.37. The van der Waals surface area contributed by atoms with Gasteiger partial charge >= 0.3 is 0 Å². The quantitative estimate of drug-likeness (QED) is 0.761. The number of thiazole rings is 2. The second kappa shape index (κ2) is 10.0. The Balaban J connectivity index is 0.000000659. The summed E-state index contributed by atoms with van der Waals surface area (Å²) in [5, 5.41) is 20.1. The van der Waals surface area contributed by atoms with Crippen molar-refractivity contribution in [3.05, 3.63) is 32.2 Å². The summed E-state index contributed by atoms with van der Waals surface area (Å²) in [6.07, 6.45) is 4.44. The average Bonchev–Trinajstić information content (AvgIpc) is 3.40. The zero-order valence-electron chi connectivity index (χ0n) is 15.5. The molecule has 4 heterocycles. The summed E-state index contributed by atoms with van der Waals surface area (Å²) in [4.78, 5) is 22.0. The van der Waals surface area contributed by atoms with Crippen LogP contribution in [0, 0.1) is 11.3 Å². The van der Waals surface area contributed by atoms with Gasteiger partial charge in [-0.2, -0.15) is 5.26 Å². The Labute approximate surface area is 168 Å². The van der Waals surface area contributed by atoms with E-state index in [4.69, 9.17) is 5.26 Å². The van der Waals surface area contributed by atoms with E-state index in [1.54, 1.807) is 28.7 Å². The first kappa shape index (κ1) is 20.1. The number of hydrogen-bond donors (Lipinski definition) is 2. The SMILES string of the molecule is CC#N.O=C(c1csc(C2CCNCC2)n1)c1csc(C2CCNCC2)n1. The molecule has 2 aliphatic heterocycles. The molecular weight excluding hydrogens is 378 g/mol. The molecule has 4 rings (SSSR count). The van der Waals surface area contributed by atoms with Crippen LogP contribution in [0.2, 0.25) is 0 Å². The van der Waals surface area contributed by atoms with Gasteiger partial charge in [-0.15, -0.1) is 22.7 Å². The van der Waals surface area contributed by atoms with Gasteiger partial charge in [-0.25, -0.2) is 9.97 Å². The number of carbonyl (C=O) groups excluding carboxylic acids is 1. The van der Waals surface area contributed by atoms with Crippen molar-refractivity contribution in [2.75, 3.05) is 26.2 Å². The fraction of sp³-hybridized carbons (Fsp3) is 0.579. The van der Waals surface area contributed by atoms with Crippen LogP contribution < -0.4 is 10.6 Å². The maximum absolute atomic E-state index is 12.7. The Bertz CT molecular complexity index is 724. The molecule has 2 aromatic rings. The lowest BCUT2D eigenvalue weighted by Gasteiger charge is -2.20. The van der Waals surface area contributed by atoms with E-state index in [1.165, 1.54) is 6.92 Å². The fourth-order valence-electron chi connectivity index (χ4n) is 3.43. The normalized spacial score (nSPS) is 18.4. The minimum atomic E-state index is -0.0251. The van der Waals surface area contributed by atoms with E-state index in [2.05, 4.69) is 20.6 Å². The number of nitrogens with zero attached hydrogens (tertiary/aromatic N) is 3. The summed E-state index contributed by atoms with van der Waals surface area (Å²) >= 11 is 3.24. The van der Waals surface area contributed by atoms with Gasteiger partial charge in [0.25, 0.3) is 0 Å². The third kappa shape index (κ3) is 5.20. The van der Waals surface area contributed by atoms with E-state index < -0.39 is 0 Å². The lowest BCUT2D eigenvalue weighted by Crippen LogP contribution is -2.26. The zero-order chi connectivity index (χ0) is 19.1. The smallest absolute Gasteiger partial charge is 0.231 e. The van der Waals surface area contributed by atoms with Crippen LogP contribution in [0.4, 0.5) is 0 Å². The Kier molecular flexibility index (Phi) is 7.47. The predicted octanol–water partition coefficient (Wildman–Crippen LogP) is 3.29. The number of nitrogens with one attached hydrogen (secondary N) is 2. The molecule has 27 heavy (non-hydrogen) atoms. The zero-order valence-corrected chi connectivity index (χ0v) is 17.2. The highest BCUT2D eigenvalue weighted by Gasteiger charge is 2.24. The summed E-state index contributed by atoms with van der Waals surface area (Å²) in [6.45, 7) is 5.59. The predicted molar refractivity (Wildman–Crippen MR) is 109 cm³/mol. The van der Waals surface area contributed by atoms with E-state index in [-0.39, 0.29) is 5.78 Å². The third-order valence-electron chi connectivity index (χ3n) is 4.89. The molecule has 2 N–H and O–H groups in total. The third-order valence-corrected chi connectivity index (χ3v) is 6.90. The van der Waals surface area contributed by atoms with Crippen molar-refractivity contribution in [1.29, 1.82) is 5.26 Å². The number of carbonyl (C=O) groups is 1. The maximum Gasteiger partial charge on any atom is 0.231 e. The number of hydrogen-bond acceptors (Lipinski definition) is 8. The van der Waals surface area contributed by atoms with Gasteiger partial charge in [0.1, 0.15) is 11.4 Å². The molecule has 0 aromatic carbocycles. The van der Waals surface area contributed by atoms with E-state index >= 15 is 0 Å². The summed E-state index contributed by atoms with van der Waals surface area (Å²) in [7, 11) is 0. The molecular formula is C19H25N5OS2. The highest BCUT2D eigenvalue weighted by Crippen LogP contribution is 2.30. The van der Waals surface area contributed by atoms with Gasteiger partial charge < -0.3 is 10.6 Å². The second-order valence-electron chi connectivity index (χ2n) is 6.74. The minimum Gasteiger partial charge on any atom is -0.317 e. The topological polar surface area (TPSA) is 90.7 Å². The van der Waals surface area contributed by atoms with Gasteiger partial charge in [0, 0.05) is 29.5 Å². The molecule has 0 bridgehead atoms. The van der Waals surface area contributed by atoms with E-state index in [9.17, 15) is 4.79 Å². The molecule has 2 aliphatic rings. The molecule has 0 saturated carbocycles. The van der Waals surface area contributed by atoms with Crippen LogP contribution in [-0.4, -0.2) is 41.9 Å². The first-order valence-corrected chi connectivity index (χ1v) is 11.2. The van der Waals surface area contributed by atoms with E-state index in [0.717, 1.165) is 61.9 Å². The van der Waals surface area contributed by atoms with Gasteiger partial charge in [-0.3, -0.25) is 4.79 Å². The monoisotopic (exact) mass is 403 g/mol. The van der Waals surface area contributed by atoms with Gasteiger partial charge in [0.05, 0.1) is 16.1 Å². The molecule has 0 radical (unpaired) electrons. The number of rotatable bonds is 4. The number of piperidine rings is 2. The number of ketones is 1. The lowest BCUT2D eigenvalue weighted by atomic mass is 9.99. The summed E-state index contributed by atoms with van der Waals surface area (Å²) in [6, 6.07) is 1.75. The highest BCUT2D eigenvalue weighted by atomic mass is 32.1. The van der Waals surface area contributed by atoms with E-state index in [0.29, 0.717) is 23.2 Å². The molecule has 2 saturated heterocycles. The first-order chi connectivity index (χ1) is 13.2. The minimum absolute atomic E-state index is 0.0251. The summed E-state index contributed by atoms with van der Waals surface area (Å²) < 4.78 is 0. The summed E-state index contributed by atoms with van der Waals surface area (Å²) in [5.41, 5.74) is 1.13. The van der Waals surface area contributed by atoms with Crippen LogP contribution in [0.15, 0.2) is 10.8 Å². The van der Waals surface area contributed by atoms with Crippen molar-refractivity contribution in [2.24, 2.45) is 0 Å². The first-order valence-electron chi connectivity index (χ1n) is 9.40. The molecule has 8 heteroatoms. The van der Waals surface area contributed by atoms with Crippen molar-refractivity contribution < 1.29 is 4.79 Å². The molecule has 0 spiro atoms. The Hall–Kier alpha value is -1.66. The lowest BCUT2D eigenvalue weighted by molar-refractivity contribution is 0.103. The van der Waals surface area contributed by atoms with Crippen molar-refractivity contribution in [1.82, 2.24) is 20.6 Å². The maximum atomic E-state index is 12.7. The van der Waals surface area contributed by atoms with Crippen LogP contribution in [0.1, 0.15) is 70.6 Å². The van der Waals surface area contributed by atoms with Gasteiger partial charge in [-0.05, 0) is 51.9 Å². The van der Waals surface area contributed by atoms with Crippen LogP contribution in [0.5, 0.6) is 0 Å². The molecule has 0 amide bonds. The van der Waals surface area contributed by atoms with Crippen molar-refractivity contribution in [2.45, 2.75) is 44.4 Å². The van der Waals surface area contributed by atoms with Crippen LogP contribution in [0.3, 0.4) is 0 Å². The molecule has 2 aromatic heterocycles. The number of aromatic nitrogens is 2. The largest absolute Gasteiger partial charge is 0.317 e. The highest BCUT2D eigenvalue weighted by molar-refractivity contribution is 7.10. The molecule has 6 nitrogen and oxygen atoms in total. The van der Waals surface area contributed by atoms with Crippen LogP contribution in [-0.2, 0) is 0 Å². The van der Waals surface area contributed by atoms with Crippen molar-refractivity contribution in [3.63, 3.8) is 0 Å². The average molecular weight is 404 g/mol. The second-order valence-corrected chi connectivity index (χ2v) is 8.52. The Morgan fingerprint density at radius 2 is 1.33 bits per heavy atom. The van der Waals surface area contributed by atoms with Gasteiger partial charge in [0.2, 0.25) is 5.78 Å². The molecule has 2 fully saturated rings. The van der Waals surface area contributed by atoms with Gasteiger partial charge in [-0.1, -0.05) is 0 Å². The Morgan fingerprint density at radius 3 is 1.70 bits per heavy atom. The molecule has 0 aliphatic carbocycles. The molecule has 0 unspecified atom stereocenters. The van der Waals surface area contributed by atoms with Crippen molar-refractivity contribution in [3.8, 4) is 6.07 Å². The van der Waals surface area contributed by atoms with E-state index in [1.807, 2.05) is 10.8 Å². The Morgan fingerprint density at radius 1 is 0.963 bits per heavy atom. The van der Waals surface area contributed by atoms with Crippen LogP contribution in [0.25, 0.3) is 0 Å². The van der Waals surface area contributed by atoms with Crippen molar-refractivity contribution >= 4 is 28.5 Å². The molecule has 144 valence electrons. The number of nitriles is 1. The standard InChI is InChI=1S/C17H22N4OS2.C2H3N/c22-15(13-9-23-16(20-13)11-1-5-18-6-2-11)14-10-24-17(21-14)12-3-7-19-8-4-12;1-2-3/h9-12,18-19H,1-8H2;1H3. The van der Waals surface area contributed by atoms with Crippen LogP contribution >= 0.6 is 22.7 Å². The molecule has 0 atom stereocenters. The van der Waals surface area contributed by atoms with Gasteiger partial charge in [0.15, 0.2) is 0 Å².